The summed E-state index contributed by atoms with van der Waals surface area (Å²) in [6, 6.07) is 11.3. The fourth-order valence-electron chi connectivity index (χ4n) is 3.02. The van der Waals surface area contributed by atoms with Crippen molar-refractivity contribution in [2.24, 2.45) is 7.05 Å². The highest BCUT2D eigenvalue weighted by atomic mass is 15.3. The third kappa shape index (κ3) is 3.52. The molecule has 1 aromatic carbocycles. The predicted octanol–water partition coefficient (Wildman–Crippen LogP) is 2.13. The molecule has 1 atom stereocenters. The van der Waals surface area contributed by atoms with Crippen LogP contribution in [0.2, 0.25) is 0 Å². The molecule has 0 spiro atoms. The van der Waals surface area contributed by atoms with Gasteiger partial charge in [-0.05, 0) is 12.5 Å². The molecule has 0 radical (unpaired) electrons. The number of imidazole rings is 1. The number of aromatic nitrogens is 2. The summed E-state index contributed by atoms with van der Waals surface area (Å²) in [5.41, 5.74) is 1.40. The SMILES string of the molecule is C[C@@H]1CN(Cc2ccccc2)CCN1Cc1nccn1C. The minimum absolute atomic E-state index is 0.569. The van der Waals surface area contributed by atoms with E-state index in [1.165, 1.54) is 5.56 Å². The molecule has 0 aliphatic carbocycles. The number of piperazine rings is 1. The smallest absolute Gasteiger partial charge is 0.122 e. The third-order valence-corrected chi connectivity index (χ3v) is 4.36. The molecule has 1 saturated heterocycles. The highest BCUT2D eigenvalue weighted by Gasteiger charge is 2.24. The zero-order valence-corrected chi connectivity index (χ0v) is 12.9. The van der Waals surface area contributed by atoms with Crippen molar-refractivity contribution in [3.63, 3.8) is 0 Å². The van der Waals surface area contributed by atoms with Crippen LogP contribution in [0.3, 0.4) is 0 Å². The average Bonchev–Trinajstić information content (AvgIpc) is 2.88. The molecule has 2 aromatic rings. The maximum atomic E-state index is 4.44. The van der Waals surface area contributed by atoms with Crippen molar-refractivity contribution in [1.29, 1.82) is 0 Å². The van der Waals surface area contributed by atoms with Crippen LogP contribution in [0.1, 0.15) is 18.3 Å². The maximum absolute atomic E-state index is 4.44. The zero-order chi connectivity index (χ0) is 14.7. The van der Waals surface area contributed by atoms with Gasteiger partial charge in [-0.1, -0.05) is 30.3 Å². The fraction of sp³-hybridized carbons (Fsp3) is 0.471. The summed E-state index contributed by atoms with van der Waals surface area (Å²) in [4.78, 5) is 9.52. The van der Waals surface area contributed by atoms with Gasteiger partial charge in [-0.15, -0.1) is 0 Å². The lowest BCUT2D eigenvalue weighted by molar-refractivity contribution is 0.0707. The lowest BCUT2D eigenvalue weighted by Gasteiger charge is -2.39. The van der Waals surface area contributed by atoms with Gasteiger partial charge >= 0.3 is 0 Å². The van der Waals surface area contributed by atoms with Gasteiger partial charge in [0.05, 0.1) is 6.54 Å². The molecule has 3 rings (SSSR count). The Labute approximate surface area is 127 Å². The van der Waals surface area contributed by atoms with Crippen LogP contribution in [0.4, 0.5) is 0 Å². The zero-order valence-electron chi connectivity index (χ0n) is 12.9. The van der Waals surface area contributed by atoms with Crippen molar-refractivity contribution in [2.75, 3.05) is 19.6 Å². The third-order valence-electron chi connectivity index (χ3n) is 4.36. The van der Waals surface area contributed by atoms with Crippen LogP contribution in [-0.4, -0.2) is 45.0 Å². The fourth-order valence-corrected chi connectivity index (χ4v) is 3.02. The molecular weight excluding hydrogens is 260 g/mol. The topological polar surface area (TPSA) is 24.3 Å². The second kappa shape index (κ2) is 6.41. The number of aryl methyl sites for hydroxylation is 1. The molecular formula is C17H24N4. The maximum Gasteiger partial charge on any atom is 0.122 e. The summed E-state index contributed by atoms with van der Waals surface area (Å²) < 4.78 is 2.11. The first-order valence-corrected chi connectivity index (χ1v) is 7.69. The van der Waals surface area contributed by atoms with E-state index in [0.717, 1.165) is 38.5 Å². The van der Waals surface area contributed by atoms with E-state index in [9.17, 15) is 0 Å². The number of hydrogen-bond acceptors (Lipinski definition) is 3. The summed E-state index contributed by atoms with van der Waals surface area (Å²) in [6.45, 7) is 7.69. The Balaban J connectivity index is 1.56. The van der Waals surface area contributed by atoms with Crippen LogP contribution < -0.4 is 0 Å². The van der Waals surface area contributed by atoms with E-state index in [-0.39, 0.29) is 0 Å². The number of hydrogen-bond donors (Lipinski definition) is 0. The van der Waals surface area contributed by atoms with Gasteiger partial charge in [0.15, 0.2) is 0 Å². The van der Waals surface area contributed by atoms with E-state index in [4.69, 9.17) is 0 Å². The Kier molecular flexibility index (Phi) is 4.36. The van der Waals surface area contributed by atoms with Gasteiger partial charge in [-0.2, -0.15) is 0 Å². The normalized spacial score (nSPS) is 20.8. The molecule has 0 amide bonds. The predicted molar refractivity (Wildman–Crippen MR) is 84.8 cm³/mol. The Hall–Kier alpha value is -1.65. The average molecular weight is 284 g/mol. The van der Waals surface area contributed by atoms with Gasteiger partial charge in [0.1, 0.15) is 5.82 Å². The molecule has 0 bridgehead atoms. The minimum Gasteiger partial charge on any atom is -0.337 e. The van der Waals surface area contributed by atoms with Crippen molar-refractivity contribution in [1.82, 2.24) is 19.4 Å². The Morgan fingerprint density at radius 1 is 1.14 bits per heavy atom. The van der Waals surface area contributed by atoms with Gasteiger partial charge in [-0.25, -0.2) is 4.98 Å². The van der Waals surface area contributed by atoms with Crippen molar-refractivity contribution >= 4 is 0 Å². The van der Waals surface area contributed by atoms with Crippen LogP contribution in [0.25, 0.3) is 0 Å². The molecule has 1 fully saturated rings. The van der Waals surface area contributed by atoms with E-state index in [0.29, 0.717) is 6.04 Å². The van der Waals surface area contributed by atoms with Gasteiger partial charge in [0.2, 0.25) is 0 Å². The first kappa shape index (κ1) is 14.3. The van der Waals surface area contributed by atoms with Crippen molar-refractivity contribution in [2.45, 2.75) is 26.1 Å². The quantitative estimate of drug-likeness (QED) is 0.859. The Morgan fingerprint density at radius 3 is 2.62 bits per heavy atom. The molecule has 1 aliphatic rings. The van der Waals surface area contributed by atoms with Crippen LogP contribution >= 0.6 is 0 Å². The molecule has 0 N–H and O–H groups in total. The first-order valence-electron chi connectivity index (χ1n) is 7.69. The molecule has 2 heterocycles. The molecule has 1 aromatic heterocycles. The van der Waals surface area contributed by atoms with E-state index in [2.05, 4.69) is 63.7 Å². The molecule has 1 aliphatic heterocycles. The number of rotatable bonds is 4. The number of nitrogens with zero attached hydrogens (tertiary/aromatic N) is 4. The Bertz CT molecular complexity index is 563. The summed E-state index contributed by atoms with van der Waals surface area (Å²) in [7, 11) is 2.07. The lowest BCUT2D eigenvalue weighted by atomic mass is 10.1. The van der Waals surface area contributed by atoms with Crippen LogP contribution in [0, 0.1) is 0 Å². The largest absolute Gasteiger partial charge is 0.337 e. The summed E-state index contributed by atoms with van der Waals surface area (Å²) >= 11 is 0. The summed E-state index contributed by atoms with van der Waals surface area (Å²) in [5, 5.41) is 0. The van der Waals surface area contributed by atoms with E-state index >= 15 is 0 Å². The lowest BCUT2D eigenvalue weighted by Crippen LogP contribution is -2.51. The summed E-state index contributed by atoms with van der Waals surface area (Å²) in [6.07, 6.45) is 3.90. The van der Waals surface area contributed by atoms with Gasteiger partial charge in [0.25, 0.3) is 0 Å². The van der Waals surface area contributed by atoms with Gasteiger partial charge < -0.3 is 4.57 Å². The monoisotopic (exact) mass is 284 g/mol. The van der Waals surface area contributed by atoms with E-state index in [1.807, 2.05) is 12.4 Å². The highest BCUT2D eigenvalue weighted by Crippen LogP contribution is 2.15. The molecule has 21 heavy (non-hydrogen) atoms. The van der Waals surface area contributed by atoms with Crippen molar-refractivity contribution in [3.05, 3.63) is 54.1 Å². The molecule has 0 saturated carbocycles. The van der Waals surface area contributed by atoms with Crippen molar-refractivity contribution < 1.29 is 0 Å². The van der Waals surface area contributed by atoms with Crippen LogP contribution in [0.15, 0.2) is 42.7 Å². The van der Waals surface area contributed by atoms with Crippen molar-refractivity contribution in [3.8, 4) is 0 Å². The second-order valence-corrected chi connectivity index (χ2v) is 5.99. The Morgan fingerprint density at radius 2 is 1.95 bits per heavy atom. The van der Waals surface area contributed by atoms with Crippen LogP contribution in [-0.2, 0) is 20.1 Å². The van der Waals surface area contributed by atoms with E-state index in [1.54, 1.807) is 0 Å². The molecule has 0 unspecified atom stereocenters. The standard InChI is InChI=1S/C17H24N4/c1-15-12-20(13-16-6-4-3-5-7-16)10-11-21(15)14-17-18-8-9-19(17)2/h3-9,15H,10-14H2,1-2H3/t15-/m1/s1. The number of benzene rings is 1. The first-order chi connectivity index (χ1) is 10.2. The van der Waals surface area contributed by atoms with Crippen LogP contribution in [0.5, 0.6) is 0 Å². The van der Waals surface area contributed by atoms with Gasteiger partial charge in [-0.3, -0.25) is 9.80 Å². The minimum atomic E-state index is 0.569. The molecule has 4 heteroatoms. The molecule has 4 nitrogen and oxygen atoms in total. The molecule has 112 valence electrons. The highest BCUT2D eigenvalue weighted by molar-refractivity contribution is 5.14. The summed E-state index contributed by atoms with van der Waals surface area (Å²) in [5.74, 6) is 1.15. The second-order valence-electron chi connectivity index (χ2n) is 5.99. The van der Waals surface area contributed by atoms with E-state index < -0.39 is 0 Å². The van der Waals surface area contributed by atoms with Gasteiger partial charge in [0, 0.05) is 51.7 Å².